The number of halogens is 1. The SMILES string of the molecule is C=C(/C=C1\C(=C/C)C(O)(O)C2CC1(O)C2)c1ccc(O)cc1I. The van der Waals surface area contributed by atoms with Crippen molar-refractivity contribution in [2.45, 2.75) is 31.2 Å². The van der Waals surface area contributed by atoms with Gasteiger partial charge in [-0.05, 0) is 83.3 Å². The maximum Gasteiger partial charge on any atom is 0.192 e. The summed E-state index contributed by atoms with van der Waals surface area (Å²) in [6, 6.07) is 4.97. The van der Waals surface area contributed by atoms with Gasteiger partial charge in [0.1, 0.15) is 5.75 Å². The molecule has 4 N–H and O–H groups in total. The second-order valence-electron chi connectivity index (χ2n) is 6.31. The van der Waals surface area contributed by atoms with Crippen LogP contribution in [0.1, 0.15) is 25.3 Å². The van der Waals surface area contributed by atoms with Crippen LogP contribution in [0, 0.1) is 9.49 Å². The third kappa shape index (κ3) is 2.55. The van der Waals surface area contributed by atoms with Gasteiger partial charge in [0, 0.05) is 15.1 Å². The monoisotopic (exact) mass is 426 g/mol. The molecule has 0 amide bonds. The summed E-state index contributed by atoms with van der Waals surface area (Å²) in [6.45, 7) is 5.77. The molecule has 3 fully saturated rings. The molecule has 0 radical (unpaired) electrons. The molecule has 3 aliphatic rings. The number of aromatic hydroxyl groups is 1. The smallest absolute Gasteiger partial charge is 0.192 e. The van der Waals surface area contributed by atoms with Crippen molar-refractivity contribution in [3.8, 4) is 5.75 Å². The van der Waals surface area contributed by atoms with Crippen molar-refractivity contribution in [1.29, 1.82) is 0 Å². The van der Waals surface area contributed by atoms with Crippen LogP contribution in [0.15, 0.2) is 48.1 Å². The Morgan fingerprint density at radius 2 is 1.91 bits per heavy atom. The van der Waals surface area contributed by atoms with Crippen molar-refractivity contribution >= 4 is 28.2 Å². The van der Waals surface area contributed by atoms with Crippen molar-refractivity contribution in [3.05, 3.63) is 57.2 Å². The fraction of sp³-hybridized carbons (Fsp3) is 0.333. The van der Waals surface area contributed by atoms with Crippen LogP contribution >= 0.6 is 22.6 Å². The molecule has 0 aliphatic heterocycles. The van der Waals surface area contributed by atoms with Crippen LogP contribution < -0.4 is 0 Å². The number of rotatable bonds is 2. The molecule has 1 aromatic carbocycles. The van der Waals surface area contributed by atoms with E-state index in [1.54, 1.807) is 37.3 Å². The number of benzene rings is 1. The van der Waals surface area contributed by atoms with Crippen LogP contribution in [0.3, 0.4) is 0 Å². The lowest BCUT2D eigenvalue weighted by atomic mass is 9.54. The van der Waals surface area contributed by atoms with E-state index in [2.05, 4.69) is 29.2 Å². The molecule has 3 aliphatic carbocycles. The molecule has 5 heteroatoms. The number of hydrogen-bond acceptors (Lipinski definition) is 4. The predicted octanol–water partition coefficient (Wildman–Crippen LogP) is 2.72. The number of aliphatic hydroxyl groups is 3. The van der Waals surface area contributed by atoms with E-state index in [1.807, 2.05) is 0 Å². The Balaban J connectivity index is 2.04. The second kappa shape index (κ2) is 5.44. The molecule has 2 bridgehead atoms. The summed E-state index contributed by atoms with van der Waals surface area (Å²) in [5, 5.41) is 41.0. The minimum absolute atomic E-state index is 0.176. The van der Waals surface area contributed by atoms with Gasteiger partial charge in [0.05, 0.1) is 5.60 Å². The zero-order valence-electron chi connectivity index (χ0n) is 12.8. The Hall–Kier alpha value is -1.15. The highest BCUT2D eigenvalue weighted by Gasteiger charge is 2.62. The molecule has 23 heavy (non-hydrogen) atoms. The maximum atomic E-state index is 10.7. The summed E-state index contributed by atoms with van der Waals surface area (Å²) in [5.41, 5.74) is 1.32. The summed E-state index contributed by atoms with van der Waals surface area (Å²) in [7, 11) is 0. The van der Waals surface area contributed by atoms with Crippen molar-refractivity contribution in [3.63, 3.8) is 0 Å². The highest BCUT2D eigenvalue weighted by atomic mass is 127. The molecule has 0 heterocycles. The Morgan fingerprint density at radius 1 is 1.26 bits per heavy atom. The topological polar surface area (TPSA) is 80.9 Å². The van der Waals surface area contributed by atoms with E-state index in [-0.39, 0.29) is 11.7 Å². The molecule has 0 unspecified atom stereocenters. The van der Waals surface area contributed by atoms with Gasteiger partial charge >= 0.3 is 0 Å². The van der Waals surface area contributed by atoms with Crippen molar-refractivity contribution in [2.24, 2.45) is 5.92 Å². The summed E-state index contributed by atoms with van der Waals surface area (Å²) < 4.78 is 0.833. The predicted molar refractivity (Wildman–Crippen MR) is 96.5 cm³/mol. The molecule has 1 aromatic rings. The van der Waals surface area contributed by atoms with Gasteiger partial charge in [0.25, 0.3) is 0 Å². The van der Waals surface area contributed by atoms with Crippen molar-refractivity contribution < 1.29 is 20.4 Å². The van der Waals surface area contributed by atoms with Crippen molar-refractivity contribution in [2.75, 3.05) is 0 Å². The first-order chi connectivity index (χ1) is 10.7. The third-order valence-electron chi connectivity index (χ3n) is 4.83. The normalized spacial score (nSPS) is 32.0. The number of phenols is 1. The fourth-order valence-corrected chi connectivity index (χ4v) is 4.37. The van der Waals surface area contributed by atoms with E-state index in [0.717, 1.165) is 9.13 Å². The van der Waals surface area contributed by atoms with Gasteiger partial charge in [-0.1, -0.05) is 12.7 Å². The van der Waals surface area contributed by atoms with E-state index in [4.69, 9.17) is 0 Å². The number of hydrogen-bond donors (Lipinski definition) is 4. The van der Waals surface area contributed by atoms with Crippen LogP contribution in [0.25, 0.3) is 5.57 Å². The second-order valence-corrected chi connectivity index (χ2v) is 7.47. The lowest BCUT2D eigenvalue weighted by molar-refractivity contribution is -0.241. The molecule has 0 saturated heterocycles. The van der Waals surface area contributed by atoms with Gasteiger partial charge in [0.2, 0.25) is 0 Å². The zero-order valence-corrected chi connectivity index (χ0v) is 14.9. The summed E-state index contributed by atoms with van der Waals surface area (Å²) in [5.74, 6) is -2.07. The van der Waals surface area contributed by atoms with Gasteiger partial charge in [-0.15, -0.1) is 0 Å². The van der Waals surface area contributed by atoms with Crippen molar-refractivity contribution in [1.82, 2.24) is 0 Å². The standard InChI is InChI=1S/C18H19IO4/c1-3-14-15(17(21)8-11(9-17)18(14,22)23)6-10(2)13-5-4-12(20)7-16(13)19/h3-7,11,20-23H,2,8-9H2,1H3/b14-3+,15-6+. The lowest BCUT2D eigenvalue weighted by Gasteiger charge is -2.57. The molecule has 3 saturated carbocycles. The Kier molecular flexibility index (Phi) is 3.95. The van der Waals surface area contributed by atoms with Crippen LogP contribution in [0.2, 0.25) is 0 Å². The molecule has 0 atom stereocenters. The third-order valence-corrected chi connectivity index (χ3v) is 5.72. The van der Waals surface area contributed by atoms with Crippen LogP contribution in [-0.4, -0.2) is 31.8 Å². The Bertz CT molecular complexity index is 739. The van der Waals surface area contributed by atoms with Gasteiger partial charge < -0.3 is 20.4 Å². The molecule has 0 spiro atoms. The van der Waals surface area contributed by atoms with Crippen LogP contribution in [0.5, 0.6) is 5.75 Å². The zero-order chi connectivity index (χ0) is 17.0. The summed E-state index contributed by atoms with van der Waals surface area (Å²) >= 11 is 2.11. The molecule has 4 rings (SSSR count). The highest BCUT2D eigenvalue weighted by Crippen LogP contribution is 2.58. The van der Waals surface area contributed by atoms with Crippen LogP contribution in [0.4, 0.5) is 0 Å². The van der Waals surface area contributed by atoms with E-state index in [9.17, 15) is 20.4 Å². The number of phenolic OH excluding ortho intramolecular Hbond substituents is 1. The average Bonchev–Trinajstić information content (AvgIpc) is 2.41. The van der Waals surface area contributed by atoms with E-state index >= 15 is 0 Å². The minimum atomic E-state index is -1.91. The molecule has 4 nitrogen and oxygen atoms in total. The van der Waals surface area contributed by atoms with Gasteiger partial charge in [-0.25, -0.2) is 0 Å². The first-order valence-corrected chi connectivity index (χ1v) is 8.51. The first-order valence-electron chi connectivity index (χ1n) is 7.43. The fourth-order valence-electron chi connectivity index (χ4n) is 3.53. The quantitative estimate of drug-likeness (QED) is 0.433. The number of fused-ring (bicyclic) bond motifs is 2. The molecular weight excluding hydrogens is 407 g/mol. The molecule has 0 aromatic heterocycles. The Labute approximate surface area is 148 Å². The first kappa shape index (κ1) is 16.7. The molecule has 122 valence electrons. The van der Waals surface area contributed by atoms with Gasteiger partial charge in [-0.3, -0.25) is 0 Å². The lowest BCUT2D eigenvalue weighted by Crippen LogP contribution is -2.62. The summed E-state index contributed by atoms with van der Waals surface area (Å²) in [4.78, 5) is 0. The average molecular weight is 426 g/mol. The summed E-state index contributed by atoms with van der Waals surface area (Å²) in [6.07, 6.45) is 4.03. The van der Waals surface area contributed by atoms with E-state index < -0.39 is 11.4 Å². The molecular formula is C18H19IO4. The Morgan fingerprint density at radius 3 is 2.48 bits per heavy atom. The van der Waals surface area contributed by atoms with E-state index in [1.165, 1.54) is 0 Å². The number of allylic oxidation sites excluding steroid dienone is 3. The maximum absolute atomic E-state index is 10.7. The van der Waals surface area contributed by atoms with Gasteiger partial charge in [-0.2, -0.15) is 0 Å². The van der Waals surface area contributed by atoms with Gasteiger partial charge in [0.15, 0.2) is 5.79 Å². The largest absolute Gasteiger partial charge is 0.508 e. The van der Waals surface area contributed by atoms with Crippen LogP contribution in [-0.2, 0) is 0 Å². The highest BCUT2D eigenvalue weighted by molar-refractivity contribution is 14.1. The van der Waals surface area contributed by atoms with E-state index in [0.29, 0.717) is 29.6 Å². The minimum Gasteiger partial charge on any atom is -0.508 e.